The lowest BCUT2D eigenvalue weighted by molar-refractivity contribution is -0.426. The third-order valence-corrected chi connectivity index (χ3v) is 2.50. The first-order valence-corrected chi connectivity index (χ1v) is 5.77. The number of aromatic hydroxyl groups is 1. The number of allylic oxidation sites excluding steroid dienone is 1. The Morgan fingerprint density at radius 1 is 1.35 bits per heavy atom. The number of phenolic OH excluding ortho intramolecular Hbond substituents is 1. The molecular weight excluding hydrogens is 218 g/mol. The Bertz CT molecular complexity index is 396. The highest BCUT2D eigenvalue weighted by atomic mass is 16.6. The van der Waals surface area contributed by atoms with Gasteiger partial charge in [0.05, 0.1) is 4.92 Å². The van der Waals surface area contributed by atoms with Crippen LogP contribution in [0.5, 0.6) is 5.75 Å². The molecule has 0 aliphatic rings. The maximum absolute atomic E-state index is 10.9. The Morgan fingerprint density at radius 2 is 2.00 bits per heavy atom. The number of hydrogen-bond donors (Lipinski definition) is 1. The summed E-state index contributed by atoms with van der Waals surface area (Å²) in [5.74, 6) is 0.163. The van der Waals surface area contributed by atoms with E-state index >= 15 is 0 Å². The molecule has 0 amide bonds. The topological polar surface area (TPSA) is 63.4 Å². The maximum atomic E-state index is 10.9. The van der Waals surface area contributed by atoms with Gasteiger partial charge >= 0.3 is 0 Å². The molecule has 1 aromatic carbocycles. The van der Waals surface area contributed by atoms with Gasteiger partial charge in [-0.25, -0.2) is 0 Å². The first kappa shape index (κ1) is 13.2. The molecule has 4 nitrogen and oxygen atoms in total. The van der Waals surface area contributed by atoms with Gasteiger partial charge in [-0.1, -0.05) is 31.9 Å². The van der Waals surface area contributed by atoms with Crippen molar-refractivity contribution in [2.75, 3.05) is 0 Å². The third kappa shape index (κ3) is 4.68. The normalized spacial score (nSPS) is 11.5. The number of nitro groups is 1. The van der Waals surface area contributed by atoms with Crippen LogP contribution < -0.4 is 0 Å². The summed E-state index contributed by atoms with van der Waals surface area (Å²) in [5, 5.41) is 20.0. The summed E-state index contributed by atoms with van der Waals surface area (Å²) in [6, 6.07) is 6.38. The molecule has 0 fully saturated rings. The number of phenols is 1. The minimum Gasteiger partial charge on any atom is -0.508 e. The Hall–Kier alpha value is -1.84. The van der Waals surface area contributed by atoms with Crippen molar-refractivity contribution in [2.24, 2.45) is 0 Å². The lowest BCUT2D eigenvalue weighted by Gasteiger charge is -1.99. The Morgan fingerprint density at radius 3 is 2.53 bits per heavy atom. The van der Waals surface area contributed by atoms with Crippen LogP contribution >= 0.6 is 0 Å². The van der Waals surface area contributed by atoms with Gasteiger partial charge in [0.2, 0.25) is 5.70 Å². The third-order valence-electron chi connectivity index (χ3n) is 2.50. The highest BCUT2D eigenvalue weighted by Crippen LogP contribution is 2.16. The van der Waals surface area contributed by atoms with Crippen LogP contribution in [0.4, 0.5) is 0 Å². The predicted octanol–water partition coefficient (Wildman–Crippen LogP) is 3.59. The van der Waals surface area contributed by atoms with Gasteiger partial charge in [0.25, 0.3) is 0 Å². The zero-order valence-electron chi connectivity index (χ0n) is 9.93. The Balaban J connectivity index is 2.75. The summed E-state index contributed by atoms with van der Waals surface area (Å²) in [4.78, 5) is 10.5. The second-order valence-corrected chi connectivity index (χ2v) is 3.94. The molecule has 1 N–H and O–H groups in total. The smallest absolute Gasteiger partial charge is 0.246 e. The Kier molecular flexibility index (Phi) is 5.20. The van der Waals surface area contributed by atoms with Crippen molar-refractivity contribution in [3.63, 3.8) is 0 Å². The van der Waals surface area contributed by atoms with Gasteiger partial charge in [0.15, 0.2) is 0 Å². The first-order valence-electron chi connectivity index (χ1n) is 5.77. The quantitative estimate of drug-likeness (QED) is 0.465. The second kappa shape index (κ2) is 6.68. The summed E-state index contributed by atoms with van der Waals surface area (Å²) >= 11 is 0. The molecule has 0 atom stereocenters. The molecular formula is C13H17NO3. The van der Waals surface area contributed by atoms with E-state index < -0.39 is 0 Å². The van der Waals surface area contributed by atoms with Crippen molar-refractivity contribution in [1.29, 1.82) is 0 Å². The van der Waals surface area contributed by atoms with Crippen molar-refractivity contribution in [2.45, 2.75) is 32.6 Å². The molecule has 0 saturated carbocycles. The van der Waals surface area contributed by atoms with Gasteiger partial charge in [0.1, 0.15) is 5.75 Å². The fourth-order valence-electron chi connectivity index (χ4n) is 1.54. The van der Waals surface area contributed by atoms with E-state index in [1.807, 2.05) is 0 Å². The number of benzene rings is 1. The average Bonchev–Trinajstić information content (AvgIpc) is 2.30. The Labute approximate surface area is 101 Å². The maximum Gasteiger partial charge on any atom is 0.246 e. The standard InChI is InChI=1S/C13H17NO3/c1-2-3-4-5-12(14(16)17)10-11-6-8-13(15)9-7-11/h6-10,15H,2-5H2,1H3. The van der Waals surface area contributed by atoms with Gasteiger partial charge < -0.3 is 5.11 Å². The number of rotatable bonds is 6. The molecule has 0 radical (unpaired) electrons. The molecule has 0 aliphatic heterocycles. The van der Waals surface area contributed by atoms with Crippen LogP contribution in [-0.2, 0) is 0 Å². The van der Waals surface area contributed by atoms with Crippen LogP contribution in [0.3, 0.4) is 0 Å². The van der Waals surface area contributed by atoms with Crippen molar-refractivity contribution in [1.82, 2.24) is 0 Å². The van der Waals surface area contributed by atoms with Crippen LogP contribution in [-0.4, -0.2) is 10.0 Å². The zero-order chi connectivity index (χ0) is 12.7. The second-order valence-electron chi connectivity index (χ2n) is 3.94. The van der Waals surface area contributed by atoms with E-state index in [4.69, 9.17) is 5.11 Å². The van der Waals surface area contributed by atoms with Crippen LogP contribution in [0, 0.1) is 10.1 Å². The van der Waals surface area contributed by atoms with Crippen LogP contribution in [0.25, 0.3) is 6.08 Å². The van der Waals surface area contributed by atoms with Gasteiger partial charge in [-0.2, -0.15) is 0 Å². The summed E-state index contributed by atoms with van der Waals surface area (Å²) < 4.78 is 0. The summed E-state index contributed by atoms with van der Waals surface area (Å²) in [7, 11) is 0. The monoisotopic (exact) mass is 235 g/mol. The molecule has 4 heteroatoms. The fourth-order valence-corrected chi connectivity index (χ4v) is 1.54. The molecule has 1 rings (SSSR count). The molecule has 0 heterocycles. The molecule has 0 aromatic heterocycles. The van der Waals surface area contributed by atoms with Gasteiger partial charge in [0, 0.05) is 12.5 Å². The highest BCUT2D eigenvalue weighted by Gasteiger charge is 2.09. The molecule has 17 heavy (non-hydrogen) atoms. The number of hydrogen-bond acceptors (Lipinski definition) is 3. The molecule has 0 spiro atoms. The minimum atomic E-state index is -0.331. The zero-order valence-corrected chi connectivity index (χ0v) is 9.93. The van der Waals surface area contributed by atoms with E-state index in [9.17, 15) is 10.1 Å². The molecule has 0 bridgehead atoms. The lowest BCUT2D eigenvalue weighted by atomic mass is 10.1. The minimum absolute atomic E-state index is 0.163. The van der Waals surface area contributed by atoms with Crippen LogP contribution in [0.1, 0.15) is 38.2 Å². The van der Waals surface area contributed by atoms with Crippen molar-refractivity contribution < 1.29 is 10.0 Å². The molecule has 92 valence electrons. The van der Waals surface area contributed by atoms with E-state index in [-0.39, 0.29) is 16.4 Å². The van der Waals surface area contributed by atoms with E-state index in [0.717, 1.165) is 24.8 Å². The van der Waals surface area contributed by atoms with Crippen LogP contribution in [0.15, 0.2) is 30.0 Å². The fraction of sp³-hybridized carbons (Fsp3) is 0.385. The van der Waals surface area contributed by atoms with E-state index in [0.29, 0.717) is 6.42 Å². The SMILES string of the molecule is CCCCCC(=Cc1ccc(O)cc1)[N+](=O)[O-]. The van der Waals surface area contributed by atoms with Gasteiger partial charge in [-0.15, -0.1) is 0 Å². The van der Waals surface area contributed by atoms with Crippen molar-refractivity contribution in [3.05, 3.63) is 45.6 Å². The van der Waals surface area contributed by atoms with E-state index in [2.05, 4.69) is 6.92 Å². The molecule has 0 saturated heterocycles. The molecule has 0 aliphatic carbocycles. The predicted molar refractivity (Wildman–Crippen MR) is 67.2 cm³/mol. The largest absolute Gasteiger partial charge is 0.508 e. The number of unbranched alkanes of at least 4 members (excludes halogenated alkanes) is 2. The van der Waals surface area contributed by atoms with E-state index in [1.165, 1.54) is 12.1 Å². The summed E-state index contributed by atoms with van der Waals surface area (Å²) in [6.07, 6.45) is 4.93. The van der Waals surface area contributed by atoms with Crippen molar-refractivity contribution >= 4 is 6.08 Å². The van der Waals surface area contributed by atoms with Crippen molar-refractivity contribution in [3.8, 4) is 5.75 Å². The molecule has 1 aromatic rings. The lowest BCUT2D eigenvalue weighted by Crippen LogP contribution is -1.98. The van der Waals surface area contributed by atoms with E-state index in [1.54, 1.807) is 18.2 Å². The van der Waals surface area contributed by atoms with Crippen LogP contribution in [0.2, 0.25) is 0 Å². The number of nitrogens with zero attached hydrogens (tertiary/aromatic N) is 1. The van der Waals surface area contributed by atoms with Gasteiger partial charge in [-0.05, 0) is 24.1 Å². The average molecular weight is 235 g/mol. The summed E-state index contributed by atoms with van der Waals surface area (Å²) in [6.45, 7) is 2.07. The molecule has 0 unspecified atom stereocenters. The summed E-state index contributed by atoms with van der Waals surface area (Å²) in [5.41, 5.74) is 0.968. The highest BCUT2D eigenvalue weighted by molar-refractivity contribution is 5.52. The van der Waals surface area contributed by atoms with Gasteiger partial charge in [-0.3, -0.25) is 10.1 Å². The first-order chi connectivity index (χ1) is 8.13.